The molecule has 3 heterocycles. The minimum absolute atomic E-state index is 0.338. The van der Waals surface area contributed by atoms with Crippen LogP contribution in [0.1, 0.15) is 18.7 Å². The number of aromatic nitrogens is 2. The molecule has 2 aliphatic rings. The number of morpholine rings is 1. The van der Waals surface area contributed by atoms with Gasteiger partial charge in [0.05, 0.1) is 13.2 Å². The van der Waals surface area contributed by atoms with Gasteiger partial charge in [-0.3, -0.25) is 0 Å². The van der Waals surface area contributed by atoms with Gasteiger partial charge in [-0.15, -0.1) is 0 Å². The van der Waals surface area contributed by atoms with Crippen molar-refractivity contribution in [3.63, 3.8) is 0 Å². The molecule has 2 N–H and O–H groups in total. The molecule has 1 aromatic heterocycles. The van der Waals surface area contributed by atoms with Gasteiger partial charge >= 0.3 is 0 Å². The quantitative estimate of drug-likeness (QED) is 0.734. The molecule has 7 nitrogen and oxygen atoms in total. The van der Waals surface area contributed by atoms with Crippen LogP contribution in [-0.4, -0.2) is 54.6 Å². The van der Waals surface area contributed by atoms with E-state index in [0.717, 1.165) is 26.2 Å². The van der Waals surface area contributed by atoms with Crippen LogP contribution in [0.5, 0.6) is 0 Å². The summed E-state index contributed by atoms with van der Waals surface area (Å²) in [5, 5.41) is 17.6. The first-order chi connectivity index (χ1) is 8.78. The maximum absolute atomic E-state index is 10.5. The topological polar surface area (TPSA) is 83.7 Å². The fraction of sp³-hybridized carbons (Fsp3) is 0.818. The normalized spacial score (nSPS) is 24.2. The summed E-state index contributed by atoms with van der Waals surface area (Å²) in [5.41, 5.74) is -0.969. The summed E-state index contributed by atoms with van der Waals surface area (Å²) < 4.78 is 10.5. The second kappa shape index (κ2) is 4.83. The Morgan fingerprint density at radius 1 is 1.22 bits per heavy atom. The van der Waals surface area contributed by atoms with E-state index in [-0.39, 0.29) is 0 Å². The number of nitrogens with one attached hydrogen (secondary N) is 1. The number of nitrogens with zero attached hydrogens (tertiary/aromatic N) is 3. The average molecular weight is 254 g/mol. The number of ether oxygens (including phenoxy) is 1. The highest BCUT2D eigenvalue weighted by molar-refractivity contribution is 5.29. The van der Waals surface area contributed by atoms with E-state index >= 15 is 0 Å². The van der Waals surface area contributed by atoms with Crippen molar-refractivity contribution in [1.82, 2.24) is 15.5 Å². The SMILES string of the molecule is OC1(c2nc(N3CCOCC3)no2)CCNCC1. The lowest BCUT2D eigenvalue weighted by Gasteiger charge is -2.28. The first kappa shape index (κ1) is 11.9. The van der Waals surface area contributed by atoms with Gasteiger partial charge in [0, 0.05) is 13.1 Å². The average Bonchev–Trinajstić information content (AvgIpc) is 2.91. The maximum Gasteiger partial charge on any atom is 0.266 e. The Morgan fingerprint density at radius 2 is 1.94 bits per heavy atom. The molecule has 2 aliphatic heterocycles. The minimum Gasteiger partial charge on any atom is -0.380 e. The van der Waals surface area contributed by atoms with Gasteiger partial charge in [0.1, 0.15) is 5.60 Å². The molecular formula is C11H18N4O3. The monoisotopic (exact) mass is 254 g/mol. The van der Waals surface area contributed by atoms with E-state index in [2.05, 4.69) is 15.5 Å². The molecule has 7 heteroatoms. The van der Waals surface area contributed by atoms with Crippen LogP contribution in [0, 0.1) is 0 Å². The van der Waals surface area contributed by atoms with Crippen molar-refractivity contribution in [3.8, 4) is 0 Å². The zero-order valence-corrected chi connectivity index (χ0v) is 10.3. The summed E-state index contributed by atoms with van der Waals surface area (Å²) in [7, 11) is 0. The molecule has 0 spiro atoms. The molecule has 3 rings (SSSR count). The Hall–Kier alpha value is -1.18. The van der Waals surface area contributed by atoms with Crippen molar-refractivity contribution in [1.29, 1.82) is 0 Å². The van der Waals surface area contributed by atoms with Crippen molar-refractivity contribution < 1.29 is 14.4 Å². The third-order valence-electron chi connectivity index (χ3n) is 3.54. The Kier molecular flexibility index (Phi) is 3.19. The summed E-state index contributed by atoms with van der Waals surface area (Å²) >= 11 is 0. The van der Waals surface area contributed by atoms with Gasteiger partial charge < -0.3 is 24.6 Å². The van der Waals surface area contributed by atoms with Gasteiger partial charge in [-0.25, -0.2) is 0 Å². The van der Waals surface area contributed by atoms with Gasteiger partial charge in [0.15, 0.2) is 0 Å². The fourth-order valence-corrected chi connectivity index (χ4v) is 2.35. The van der Waals surface area contributed by atoms with Crippen LogP contribution in [-0.2, 0) is 10.3 Å². The zero-order chi connectivity index (χ0) is 12.4. The first-order valence-electron chi connectivity index (χ1n) is 6.38. The summed E-state index contributed by atoms with van der Waals surface area (Å²) in [6.45, 7) is 4.42. The summed E-state index contributed by atoms with van der Waals surface area (Å²) in [6.07, 6.45) is 1.22. The molecule has 0 radical (unpaired) electrons. The molecule has 0 aromatic carbocycles. The Morgan fingerprint density at radius 3 is 2.67 bits per heavy atom. The first-order valence-corrected chi connectivity index (χ1v) is 6.38. The molecule has 1 aromatic rings. The number of hydrogen-bond donors (Lipinski definition) is 2. The Labute approximate surface area is 105 Å². The molecule has 0 saturated carbocycles. The number of anilines is 1. The van der Waals surface area contributed by atoms with Gasteiger partial charge in [-0.05, 0) is 31.1 Å². The molecule has 0 aliphatic carbocycles. The summed E-state index contributed by atoms with van der Waals surface area (Å²) in [4.78, 5) is 6.36. The van der Waals surface area contributed by atoms with Crippen molar-refractivity contribution in [2.75, 3.05) is 44.3 Å². The summed E-state index contributed by atoms with van der Waals surface area (Å²) in [6, 6.07) is 0. The number of aliphatic hydroxyl groups is 1. The van der Waals surface area contributed by atoms with Crippen LogP contribution in [0.25, 0.3) is 0 Å². The lowest BCUT2D eigenvalue weighted by Crippen LogP contribution is -2.40. The second-order valence-corrected chi connectivity index (χ2v) is 4.78. The van der Waals surface area contributed by atoms with Crippen LogP contribution in [0.3, 0.4) is 0 Å². The Balaban J connectivity index is 1.75. The van der Waals surface area contributed by atoms with Crippen molar-refractivity contribution in [2.24, 2.45) is 0 Å². The maximum atomic E-state index is 10.5. The standard InChI is InChI=1S/C11H18N4O3/c16-11(1-3-12-4-2-11)9-13-10(14-18-9)15-5-7-17-8-6-15/h12,16H,1-8H2. The zero-order valence-electron chi connectivity index (χ0n) is 10.3. The molecule has 0 bridgehead atoms. The lowest BCUT2D eigenvalue weighted by molar-refractivity contribution is -0.0228. The van der Waals surface area contributed by atoms with Crippen LogP contribution in [0.15, 0.2) is 4.52 Å². The molecular weight excluding hydrogens is 236 g/mol. The highest BCUT2D eigenvalue weighted by Gasteiger charge is 2.37. The third-order valence-corrected chi connectivity index (χ3v) is 3.54. The largest absolute Gasteiger partial charge is 0.380 e. The van der Waals surface area contributed by atoms with Crippen molar-refractivity contribution in [2.45, 2.75) is 18.4 Å². The van der Waals surface area contributed by atoms with Gasteiger partial charge in [-0.2, -0.15) is 4.98 Å². The van der Waals surface area contributed by atoms with Crippen LogP contribution in [0.2, 0.25) is 0 Å². The van der Waals surface area contributed by atoms with E-state index in [4.69, 9.17) is 9.26 Å². The second-order valence-electron chi connectivity index (χ2n) is 4.78. The predicted octanol–water partition coefficient (Wildman–Crippen LogP) is -0.523. The van der Waals surface area contributed by atoms with E-state index in [1.165, 1.54) is 0 Å². The number of rotatable bonds is 2. The summed E-state index contributed by atoms with van der Waals surface area (Å²) in [5.74, 6) is 0.894. The minimum atomic E-state index is -0.969. The molecule has 0 amide bonds. The van der Waals surface area contributed by atoms with Crippen LogP contribution < -0.4 is 10.2 Å². The fourth-order valence-electron chi connectivity index (χ4n) is 2.35. The molecule has 2 saturated heterocycles. The smallest absolute Gasteiger partial charge is 0.266 e. The molecule has 0 atom stereocenters. The van der Waals surface area contributed by atoms with E-state index < -0.39 is 5.60 Å². The lowest BCUT2D eigenvalue weighted by atomic mass is 9.92. The number of hydrogen-bond acceptors (Lipinski definition) is 7. The van der Waals surface area contributed by atoms with E-state index in [1.807, 2.05) is 4.90 Å². The van der Waals surface area contributed by atoms with E-state index in [1.54, 1.807) is 0 Å². The highest BCUT2D eigenvalue weighted by atomic mass is 16.5. The number of piperidine rings is 1. The van der Waals surface area contributed by atoms with Crippen LogP contribution >= 0.6 is 0 Å². The Bertz CT molecular complexity index is 397. The highest BCUT2D eigenvalue weighted by Crippen LogP contribution is 2.30. The molecule has 2 fully saturated rings. The van der Waals surface area contributed by atoms with Gasteiger partial charge in [0.2, 0.25) is 0 Å². The predicted molar refractivity (Wildman–Crippen MR) is 63.3 cm³/mol. The van der Waals surface area contributed by atoms with Gasteiger partial charge in [0.25, 0.3) is 11.8 Å². The van der Waals surface area contributed by atoms with Crippen molar-refractivity contribution >= 4 is 5.95 Å². The van der Waals surface area contributed by atoms with E-state index in [0.29, 0.717) is 37.9 Å². The van der Waals surface area contributed by atoms with Gasteiger partial charge in [-0.1, -0.05) is 0 Å². The van der Waals surface area contributed by atoms with E-state index in [9.17, 15) is 5.11 Å². The third kappa shape index (κ3) is 2.21. The molecule has 18 heavy (non-hydrogen) atoms. The molecule has 0 unspecified atom stereocenters. The van der Waals surface area contributed by atoms with Crippen molar-refractivity contribution in [3.05, 3.63) is 5.89 Å². The molecule has 100 valence electrons. The van der Waals surface area contributed by atoms with Crippen LogP contribution in [0.4, 0.5) is 5.95 Å².